The molecule has 5 nitrogen and oxygen atoms in total. The maximum absolute atomic E-state index is 12.2. The van der Waals surface area contributed by atoms with Crippen LogP contribution in [-0.4, -0.2) is 15.9 Å². The van der Waals surface area contributed by atoms with Crippen molar-refractivity contribution >= 4 is 38.5 Å². The van der Waals surface area contributed by atoms with Crippen LogP contribution in [0.1, 0.15) is 10.5 Å². The van der Waals surface area contributed by atoms with E-state index in [2.05, 4.69) is 39.7 Å². The minimum atomic E-state index is -0.413. The SMILES string of the molecule is NNC(=O)c1cc2c([nH]c3ccccc32)c(-c2ccc3ccccc3c2)n1. The van der Waals surface area contributed by atoms with Crippen LogP contribution < -0.4 is 11.3 Å². The Morgan fingerprint density at radius 3 is 2.52 bits per heavy atom. The van der Waals surface area contributed by atoms with Gasteiger partial charge in [0.25, 0.3) is 5.91 Å². The van der Waals surface area contributed by atoms with E-state index in [0.717, 1.165) is 43.8 Å². The van der Waals surface area contributed by atoms with Crippen LogP contribution in [0, 0.1) is 0 Å². The van der Waals surface area contributed by atoms with Gasteiger partial charge in [0.1, 0.15) is 5.69 Å². The molecule has 27 heavy (non-hydrogen) atoms. The number of nitrogens with two attached hydrogens (primary N) is 1. The molecule has 3 aromatic carbocycles. The predicted molar refractivity (Wildman–Crippen MR) is 108 cm³/mol. The fourth-order valence-electron chi connectivity index (χ4n) is 3.58. The third-order valence-electron chi connectivity index (χ3n) is 4.88. The molecule has 0 radical (unpaired) electrons. The van der Waals surface area contributed by atoms with Crippen molar-refractivity contribution < 1.29 is 4.79 Å². The third kappa shape index (κ3) is 2.45. The second-order valence-corrected chi connectivity index (χ2v) is 6.48. The Bertz CT molecular complexity index is 1340. The highest BCUT2D eigenvalue weighted by molar-refractivity contribution is 6.13. The minimum Gasteiger partial charge on any atom is -0.353 e. The average Bonchev–Trinajstić information content (AvgIpc) is 3.11. The second kappa shape index (κ2) is 5.93. The van der Waals surface area contributed by atoms with E-state index in [1.54, 1.807) is 6.07 Å². The summed E-state index contributed by atoms with van der Waals surface area (Å²) in [5.41, 5.74) is 6.05. The number of aromatic amines is 1. The van der Waals surface area contributed by atoms with E-state index in [1.807, 2.05) is 42.5 Å². The molecule has 2 aromatic heterocycles. The molecular formula is C22H16N4O. The van der Waals surface area contributed by atoms with Crippen molar-refractivity contribution in [3.8, 4) is 11.3 Å². The van der Waals surface area contributed by atoms with E-state index in [9.17, 15) is 4.79 Å². The molecule has 0 saturated heterocycles. The lowest BCUT2D eigenvalue weighted by Gasteiger charge is -2.08. The van der Waals surface area contributed by atoms with Gasteiger partial charge in [-0.1, -0.05) is 54.6 Å². The third-order valence-corrected chi connectivity index (χ3v) is 4.88. The van der Waals surface area contributed by atoms with Gasteiger partial charge >= 0.3 is 0 Å². The van der Waals surface area contributed by atoms with E-state index in [1.165, 1.54) is 0 Å². The summed E-state index contributed by atoms with van der Waals surface area (Å²) in [4.78, 5) is 20.3. The first kappa shape index (κ1) is 15.5. The molecule has 2 heterocycles. The van der Waals surface area contributed by atoms with Gasteiger partial charge < -0.3 is 4.98 Å². The van der Waals surface area contributed by atoms with Crippen LogP contribution in [0.4, 0.5) is 0 Å². The van der Waals surface area contributed by atoms with Gasteiger partial charge in [0.05, 0.1) is 11.2 Å². The lowest BCUT2D eigenvalue weighted by molar-refractivity contribution is 0.0949. The molecule has 130 valence electrons. The fraction of sp³-hybridized carbons (Fsp3) is 0. The summed E-state index contributed by atoms with van der Waals surface area (Å²) in [5, 5.41) is 4.27. The highest BCUT2D eigenvalue weighted by atomic mass is 16.2. The molecule has 4 N–H and O–H groups in total. The summed E-state index contributed by atoms with van der Waals surface area (Å²) < 4.78 is 0. The highest BCUT2D eigenvalue weighted by Crippen LogP contribution is 2.33. The van der Waals surface area contributed by atoms with Gasteiger partial charge in [-0.05, 0) is 29.0 Å². The zero-order valence-electron chi connectivity index (χ0n) is 14.4. The first-order valence-corrected chi connectivity index (χ1v) is 8.66. The number of fused-ring (bicyclic) bond motifs is 4. The molecule has 0 fully saturated rings. The number of nitrogens with one attached hydrogen (secondary N) is 2. The smallest absolute Gasteiger partial charge is 0.283 e. The molecule has 5 rings (SSSR count). The zero-order chi connectivity index (χ0) is 18.4. The maximum atomic E-state index is 12.2. The number of H-pyrrole nitrogens is 1. The van der Waals surface area contributed by atoms with Crippen LogP contribution in [-0.2, 0) is 0 Å². The van der Waals surface area contributed by atoms with Crippen LogP contribution in [0.15, 0.2) is 72.8 Å². The Hall–Kier alpha value is -3.70. The number of benzene rings is 3. The van der Waals surface area contributed by atoms with Crippen molar-refractivity contribution in [3.63, 3.8) is 0 Å². The molecular weight excluding hydrogens is 336 g/mol. The van der Waals surface area contributed by atoms with Crippen LogP contribution in [0.3, 0.4) is 0 Å². The number of nitrogens with zero attached hydrogens (tertiary/aromatic N) is 1. The first-order chi connectivity index (χ1) is 13.2. The number of carbonyl (C=O) groups excluding carboxylic acids is 1. The van der Waals surface area contributed by atoms with Crippen molar-refractivity contribution in [1.82, 2.24) is 15.4 Å². The van der Waals surface area contributed by atoms with Crippen molar-refractivity contribution in [1.29, 1.82) is 0 Å². The number of amides is 1. The lowest BCUT2D eigenvalue weighted by atomic mass is 10.0. The van der Waals surface area contributed by atoms with Crippen LogP contribution in [0.25, 0.3) is 43.8 Å². The van der Waals surface area contributed by atoms with Crippen LogP contribution in [0.2, 0.25) is 0 Å². The van der Waals surface area contributed by atoms with E-state index in [0.29, 0.717) is 0 Å². The zero-order valence-corrected chi connectivity index (χ0v) is 14.4. The Balaban J connectivity index is 1.87. The number of carbonyl (C=O) groups is 1. The summed E-state index contributed by atoms with van der Waals surface area (Å²) in [6.45, 7) is 0. The molecule has 5 heteroatoms. The molecule has 0 atom stereocenters. The molecule has 0 spiro atoms. The summed E-state index contributed by atoms with van der Waals surface area (Å²) >= 11 is 0. The predicted octanol–water partition coefficient (Wildman–Crippen LogP) is 4.14. The summed E-state index contributed by atoms with van der Waals surface area (Å²) in [6, 6.07) is 24.1. The van der Waals surface area contributed by atoms with Crippen molar-refractivity contribution in [3.05, 3.63) is 78.5 Å². The Morgan fingerprint density at radius 2 is 1.67 bits per heavy atom. The Morgan fingerprint density at radius 1 is 0.889 bits per heavy atom. The minimum absolute atomic E-state index is 0.290. The van der Waals surface area contributed by atoms with E-state index < -0.39 is 5.91 Å². The first-order valence-electron chi connectivity index (χ1n) is 8.66. The van der Waals surface area contributed by atoms with E-state index in [-0.39, 0.29) is 5.69 Å². The topological polar surface area (TPSA) is 83.8 Å². The standard InChI is InChI=1S/C22H16N4O/c23-26-22(27)19-12-17-16-7-3-4-8-18(16)24-21(17)20(25-19)15-10-9-13-5-1-2-6-14(13)11-15/h1-12,24H,23H2,(H,26,27). The summed E-state index contributed by atoms with van der Waals surface area (Å²) in [5.74, 6) is 4.94. The molecule has 0 unspecified atom stereocenters. The van der Waals surface area contributed by atoms with Crippen LogP contribution >= 0.6 is 0 Å². The highest BCUT2D eigenvalue weighted by Gasteiger charge is 2.16. The van der Waals surface area contributed by atoms with Crippen LogP contribution in [0.5, 0.6) is 0 Å². The number of para-hydroxylation sites is 1. The number of hydrazine groups is 1. The number of aromatic nitrogens is 2. The number of hydrogen-bond donors (Lipinski definition) is 3. The molecule has 0 aliphatic carbocycles. The van der Waals surface area contributed by atoms with E-state index in [4.69, 9.17) is 5.84 Å². The lowest BCUT2D eigenvalue weighted by Crippen LogP contribution is -2.30. The number of hydrogen-bond acceptors (Lipinski definition) is 3. The van der Waals surface area contributed by atoms with Gasteiger partial charge in [-0.2, -0.15) is 0 Å². The number of pyridine rings is 1. The van der Waals surface area contributed by atoms with Crippen molar-refractivity contribution in [2.45, 2.75) is 0 Å². The quantitative estimate of drug-likeness (QED) is 0.254. The van der Waals surface area contributed by atoms with Crippen molar-refractivity contribution in [2.24, 2.45) is 5.84 Å². The van der Waals surface area contributed by atoms with Gasteiger partial charge in [-0.25, -0.2) is 10.8 Å². The Kier molecular flexibility index (Phi) is 3.42. The second-order valence-electron chi connectivity index (χ2n) is 6.48. The maximum Gasteiger partial charge on any atom is 0.283 e. The monoisotopic (exact) mass is 352 g/mol. The van der Waals surface area contributed by atoms with Gasteiger partial charge in [0.2, 0.25) is 0 Å². The average molecular weight is 352 g/mol. The molecule has 0 saturated carbocycles. The molecule has 0 bridgehead atoms. The Labute approximate surface area is 154 Å². The largest absolute Gasteiger partial charge is 0.353 e. The fourth-order valence-corrected chi connectivity index (χ4v) is 3.58. The molecule has 1 amide bonds. The summed E-state index contributed by atoms with van der Waals surface area (Å²) in [7, 11) is 0. The van der Waals surface area contributed by atoms with Gasteiger partial charge in [0.15, 0.2) is 0 Å². The van der Waals surface area contributed by atoms with E-state index >= 15 is 0 Å². The number of rotatable bonds is 2. The van der Waals surface area contributed by atoms with Gasteiger partial charge in [0, 0.05) is 21.9 Å². The van der Waals surface area contributed by atoms with Gasteiger partial charge in [-0.15, -0.1) is 0 Å². The van der Waals surface area contributed by atoms with Gasteiger partial charge in [-0.3, -0.25) is 10.2 Å². The summed E-state index contributed by atoms with van der Waals surface area (Å²) in [6.07, 6.45) is 0. The molecule has 0 aliphatic rings. The normalized spacial score (nSPS) is 11.3. The molecule has 0 aliphatic heterocycles. The molecule has 5 aromatic rings. The number of nitrogen functional groups attached to an aromatic ring is 1. The van der Waals surface area contributed by atoms with Crippen molar-refractivity contribution in [2.75, 3.05) is 0 Å².